The van der Waals surface area contributed by atoms with Crippen molar-refractivity contribution >= 4 is 66.0 Å². The van der Waals surface area contributed by atoms with Gasteiger partial charge in [-0.3, -0.25) is 9.11 Å². The maximum atomic E-state index is 12.0. The number of halogens is 2. The molecule has 190 valence electrons. The zero-order valence-corrected chi connectivity index (χ0v) is 22.8. The molecular weight excluding hydrogens is 567 g/mol. The van der Waals surface area contributed by atoms with E-state index in [0.29, 0.717) is 21.2 Å². The Morgan fingerprint density at radius 1 is 0.750 bits per heavy atom. The van der Waals surface area contributed by atoms with Crippen LogP contribution in [-0.2, 0) is 20.2 Å². The van der Waals surface area contributed by atoms with Crippen LogP contribution in [0.2, 0.25) is 10.0 Å². The normalized spacial score (nSPS) is 11.6. The van der Waals surface area contributed by atoms with Gasteiger partial charge in [0.05, 0.1) is 9.92 Å². The first kappa shape index (κ1) is 28.3. The minimum Gasteiger partial charge on any atom is -0.456 e. The molecule has 0 unspecified atom stereocenters. The lowest BCUT2D eigenvalue weighted by atomic mass is 10.1. The largest absolute Gasteiger partial charge is 0.456 e. The highest BCUT2D eigenvalue weighted by Gasteiger charge is 2.20. The second-order valence-corrected chi connectivity index (χ2v) is 11.8. The molecule has 36 heavy (non-hydrogen) atoms. The fourth-order valence-electron chi connectivity index (χ4n) is 3.06. The van der Waals surface area contributed by atoms with E-state index in [-0.39, 0.29) is 11.1 Å². The number of benzene rings is 4. The molecule has 0 saturated carbocycles. The molecule has 0 aliphatic heterocycles. The first-order valence-corrected chi connectivity index (χ1v) is 14.8. The Morgan fingerprint density at radius 3 is 2.03 bits per heavy atom. The average Bonchev–Trinajstić information content (AvgIpc) is 2.82. The number of ether oxygens (including phenoxy) is 1. The van der Waals surface area contributed by atoms with E-state index >= 15 is 0 Å². The van der Waals surface area contributed by atoms with Gasteiger partial charge < -0.3 is 4.74 Å². The van der Waals surface area contributed by atoms with E-state index in [4.69, 9.17) is 27.9 Å². The Hall–Kier alpha value is -2.31. The lowest BCUT2D eigenvalue weighted by Crippen LogP contribution is -2.02. The number of fused-ring (bicyclic) bond motifs is 1. The molecule has 7 nitrogen and oxygen atoms in total. The Labute approximate surface area is 223 Å². The van der Waals surface area contributed by atoms with Crippen LogP contribution < -0.4 is 4.74 Å². The summed E-state index contributed by atoms with van der Waals surface area (Å²) in [4.78, 5) is 0.609. The SMILES string of the molecule is CC.O=S(=O)(O)c1ccc2cc(Oc3ccc(Sc4cc(Cl)ccc4Cl)cc3)c(S(=O)(=O)O)cc2c1. The van der Waals surface area contributed by atoms with Crippen LogP contribution in [0.15, 0.2) is 92.4 Å². The molecule has 4 rings (SSSR count). The van der Waals surface area contributed by atoms with Crippen molar-refractivity contribution in [3.8, 4) is 11.5 Å². The molecule has 0 aliphatic carbocycles. The van der Waals surface area contributed by atoms with E-state index < -0.39 is 30.0 Å². The standard InChI is InChI=1S/C22H14Cl2O7S3.C2H6/c23-15-2-8-19(24)21(12-15)32-17-5-3-16(4-6-17)31-20-10-13-1-7-18(33(25,26)27)9-14(13)11-22(20)34(28,29)30;1-2/h1-12H,(H,25,26,27)(H,28,29,30);1-2H3. The minimum atomic E-state index is -4.72. The molecule has 0 radical (unpaired) electrons. The summed E-state index contributed by atoms with van der Waals surface area (Å²) < 4.78 is 71.4. The number of hydrogen-bond acceptors (Lipinski definition) is 6. The van der Waals surface area contributed by atoms with Crippen LogP contribution >= 0.6 is 35.0 Å². The third kappa shape index (κ3) is 6.92. The van der Waals surface area contributed by atoms with E-state index in [2.05, 4.69) is 0 Å². The Balaban J connectivity index is 0.00000176. The van der Waals surface area contributed by atoms with E-state index in [0.717, 1.165) is 21.9 Å². The van der Waals surface area contributed by atoms with Crippen molar-refractivity contribution in [1.29, 1.82) is 0 Å². The van der Waals surface area contributed by atoms with Gasteiger partial charge in [-0.05, 0) is 77.5 Å². The predicted octanol–water partition coefficient (Wildman–Crippen LogP) is 7.61. The van der Waals surface area contributed by atoms with Crippen molar-refractivity contribution in [3.63, 3.8) is 0 Å². The predicted molar refractivity (Wildman–Crippen MR) is 142 cm³/mol. The molecule has 0 saturated heterocycles. The van der Waals surface area contributed by atoms with E-state index in [1.807, 2.05) is 13.8 Å². The molecule has 0 heterocycles. The van der Waals surface area contributed by atoms with E-state index in [9.17, 15) is 25.9 Å². The number of rotatable bonds is 6. The summed E-state index contributed by atoms with van der Waals surface area (Å²) in [6.07, 6.45) is 0. The molecular formula is C24H20Cl2O7S3. The van der Waals surface area contributed by atoms with Crippen LogP contribution in [0.1, 0.15) is 13.8 Å². The van der Waals surface area contributed by atoms with Gasteiger partial charge >= 0.3 is 0 Å². The zero-order chi connectivity index (χ0) is 26.7. The van der Waals surface area contributed by atoms with Gasteiger partial charge in [0.25, 0.3) is 20.2 Å². The number of hydrogen-bond donors (Lipinski definition) is 2. The Kier molecular flexibility index (Phi) is 8.94. The summed E-state index contributed by atoms with van der Waals surface area (Å²) in [5.41, 5.74) is 0. The Morgan fingerprint density at radius 2 is 1.42 bits per heavy atom. The highest BCUT2D eigenvalue weighted by molar-refractivity contribution is 7.99. The van der Waals surface area contributed by atoms with Crippen LogP contribution in [0.25, 0.3) is 10.8 Å². The zero-order valence-electron chi connectivity index (χ0n) is 18.8. The summed E-state index contributed by atoms with van der Waals surface area (Å²) in [7, 11) is -9.21. The summed E-state index contributed by atoms with van der Waals surface area (Å²) >= 11 is 13.6. The van der Waals surface area contributed by atoms with E-state index in [1.54, 1.807) is 42.5 Å². The third-order valence-electron chi connectivity index (χ3n) is 4.62. The van der Waals surface area contributed by atoms with Crippen molar-refractivity contribution in [2.24, 2.45) is 0 Å². The van der Waals surface area contributed by atoms with Crippen LogP contribution in [0.4, 0.5) is 0 Å². The molecule has 4 aromatic rings. The van der Waals surface area contributed by atoms with Crippen LogP contribution in [0.5, 0.6) is 11.5 Å². The van der Waals surface area contributed by atoms with Crippen molar-refractivity contribution in [2.75, 3.05) is 0 Å². The molecule has 2 N–H and O–H groups in total. The van der Waals surface area contributed by atoms with Gasteiger partial charge in [0.15, 0.2) is 0 Å². The topological polar surface area (TPSA) is 118 Å². The fraction of sp³-hybridized carbons (Fsp3) is 0.0833. The summed E-state index contributed by atoms with van der Waals surface area (Å²) in [6, 6.07) is 17.9. The second kappa shape index (κ2) is 11.4. The van der Waals surface area contributed by atoms with Gasteiger partial charge in [0.2, 0.25) is 0 Å². The average molecular weight is 588 g/mol. The molecule has 0 aliphatic rings. The summed E-state index contributed by atoms with van der Waals surface area (Å²) in [6.45, 7) is 4.00. The Bertz CT molecular complexity index is 1620. The molecule has 0 aromatic heterocycles. The molecule has 12 heteroatoms. The maximum Gasteiger partial charge on any atom is 0.298 e. The highest BCUT2D eigenvalue weighted by atomic mass is 35.5. The van der Waals surface area contributed by atoms with Crippen LogP contribution in [0, 0.1) is 0 Å². The molecule has 0 amide bonds. The molecule has 0 atom stereocenters. The summed E-state index contributed by atoms with van der Waals surface area (Å²) in [5, 5.41) is 1.68. The van der Waals surface area contributed by atoms with Crippen LogP contribution in [-0.4, -0.2) is 25.9 Å². The molecule has 4 aromatic carbocycles. The van der Waals surface area contributed by atoms with Gasteiger partial charge in [0, 0.05) is 14.8 Å². The smallest absolute Gasteiger partial charge is 0.298 e. The van der Waals surface area contributed by atoms with Gasteiger partial charge in [-0.15, -0.1) is 0 Å². The molecule has 0 spiro atoms. The molecule has 0 bridgehead atoms. The second-order valence-electron chi connectivity index (χ2n) is 7.01. The lowest BCUT2D eigenvalue weighted by molar-refractivity contribution is 0.450. The van der Waals surface area contributed by atoms with Crippen molar-refractivity contribution in [3.05, 3.63) is 82.8 Å². The first-order chi connectivity index (χ1) is 16.9. The first-order valence-electron chi connectivity index (χ1n) is 10.3. The van der Waals surface area contributed by atoms with Crippen molar-refractivity contribution < 1.29 is 30.7 Å². The maximum absolute atomic E-state index is 12.0. The fourth-order valence-corrected chi connectivity index (χ4v) is 5.56. The highest BCUT2D eigenvalue weighted by Crippen LogP contribution is 2.37. The quantitative estimate of drug-likeness (QED) is 0.221. The van der Waals surface area contributed by atoms with Crippen molar-refractivity contribution in [1.82, 2.24) is 0 Å². The third-order valence-corrected chi connectivity index (χ3v) is 8.09. The van der Waals surface area contributed by atoms with Gasteiger partial charge in [0.1, 0.15) is 16.4 Å². The molecule has 0 fully saturated rings. The minimum absolute atomic E-state index is 0.159. The van der Waals surface area contributed by atoms with Crippen LogP contribution in [0.3, 0.4) is 0 Å². The lowest BCUT2D eigenvalue weighted by Gasteiger charge is -2.12. The van der Waals surface area contributed by atoms with Gasteiger partial charge in [-0.25, -0.2) is 0 Å². The van der Waals surface area contributed by atoms with E-state index in [1.165, 1.54) is 30.0 Å². The van der Waals surface area contributed by atoms with Gasteiger partial charge in [-0.1, -0.05) is 54.9 Å². The van der Waals surface area contributed by atoms with Gasteiger partial charge in [-0.2, -0.15) is 16.8 Å². The summed E-state index contributed by atoms with van der Waals surface area (Å²) in [5.74, 6) is 0.133. The van der Waals surface area contributed by atoms with Crippen molar-refractivity contribution in [2.45, 2.75) is 33.4 Å². The monoisotopic (exact) mass is 586 g/mol.